The van der Waals surface area contributed by atoms with Crippen LogP contribution >= 0.6 is 23.2 Å². The molecule has 10 heteroatoms. The predicted octanol–water partition coefficient (Wildman–Crippen LogP) is 3.47. The molecule has 1 N–H and O–H groups in total. The van der Waals surface area contributed by atoms with Crippen LogP contribution in [-0.2, 0) is 21.4 Å². The number of piperidine rings is 1. The van der Waals surface area contributed by atoms with Crippen molar-refractivity contribution in [2.75, 3.05) is 24.7 Å². The molecule has 7 nitrogen and oxygen atoms in total. The molecular weight excluding hydrogens is 435 g/mol. The summed E-state index contributed by atoms with van der Waals surface area (Å²) in [6.45, 7) is 4.83. The maximum Gasteiger partial charge on any atom is 0.227 e. The third-order valence-electron chi connectivity index (χ3n) is 5.29. The quantitative estimate of drug-likeness (QED) is 0.742. The average molecular weight is 459 g/mol. The highest BCUT2D eigenvalue weighted by Crippen LogP contribution is 2.28. The topological polar surface area (TPSA) is 84.3 Å². The second kappa shape index (κ2) is 8.63. The Hall–Kier alpha value is -1.61. The average Bonchev–Trinajstić information content (AvgIpc) is 2.91. The molecule has 29 heavy (non-hydrogen) atoms. The molecule has 0 bridgehead atoms. The van der Waals surface area contributed by atoms with Crippen molar-refractivity contribution in [1.29, 1.82) is 0 Å². The molecule has 1 saturated heterocycles. The zero-order valence-electron chi connectivity index (χ0n) is 16.6. The molecule has 1 aliphatic rings. The second-order valence-corrected chi connectivity index (χ2v) is 10.1. The van der Waals surface area contributed by atoms with Crippen LogP contribution in [0.5, 0.6) is 0 Å². The van der Waals surface area contributed by atoms with E-state index in [-0.39, 0.29) is 11.8 Å². The normalized spacial score (nSPS) is 16.2. The molecule has 1 aromatic heterocycles. The number of anilines is 1. The van der Waals surface area contributed by atoms with Gasteiger partial charge in [-0.15, -0.1) is 0 Å². The zero-order valence-corrected chi connectivity index (χ0v) is 18.9. The minimum atomic E-state index is -3.21. The molecule has 1 aromatic carbocycles. The Morgan fingerprint density at radius 1 is 1.21 bits per heavy atom. The number of halogens is 2. The van der Waals surface area contributed by atoms with Gasteiger partial charge in [-0.3, -0.25) is 9.48 Å². The van der Waals surface area contributed by atoms with E-state index in [1.807, 2.05) is 13.8 Å². The molecule has 0 unspecified atom stereocenters. The van der Waals surface area contributed by atoms with Crippen LogP contribution in [0.3, 0.4) is 0 Å². The molecule has 0 radical (unpaired) electrons. The highest BCUT2D eigenvalue weighted by Gasteiger charge is 2.29. The van der Waals surface area contributed by atoms with Crippen LogP contribution in [0.2, 0.25) is 10.0 Å². The van der Waals surface area contributed by atoms with Gasteiger partial charge in [-0.2, -0.15) is 5.10 Å². The SMILES string of the molecule is Cc1nn(Cc2c(Cl)cccc2Cl)c(C)c1NC(=O)C1CCN(S(C)(=O)=O)CC1. The lowest BCUT2D eigenvalue weighted by atomic mass is 9.97. The molecule has 0 saturated carbocycles. The van der Waals surface area contributed by atoms with Crippen molar-refractivity contribution in [2.24, 2.45) is 5.92 Å². The summed E-state index contributed by atoms with van der Waals surface area (Å²) in [5.41, 5.74) is 2.95. The van der Waals surface area contributed by atoms with Crippen molar-refractivity contribution in [3.05, 3.63) is 45.2 Å². The van der Waals surface area contributed by atoms with Crippen LogP contribution in [0.25, 0.3) is 0 Å². The standard InChI is InChI=1S/C19H24Cl2N4O3S/c1-12-18(22-19(26)14-7-9-24(10-8-14)29(3,27)28)13(2)25(23-12)11-15-16(20)5-4-6-17(15)21/h4-6,14H,7-11H2,1-3H3,(H,22,26). The molecule has 2 heterocycles. The predicted molar refractivity (Wildman–Crippen MR) is 115 cm³/mol. The number of amides is 1. The van der Waals surface area contributed by atoms with Gasteiger partial charge in [0.2, 0.25) is 15.9 Å². The molecule has 1 aliphatic heterocycles. The highest BCUT2D eigenvalue weighted by molar-refractivity contribution is 7.88. The lowest BCUT2D eigenvalue weighted by molar-refractivity contribution is -0.120. The lowest BCUT2D eigenvalue weighted by Crippen LogP contribution is -2.41. The maximum atomic E-state index is 12.7. The number of aryl methyl sites for hydroxylation is 1. The van der Waals surface area contributed by atoms with Crippen molar-refractivity contribution in [3.63, 3.8) is 0 Å². The van der Waals surface area contributed by atoms with Crippen LogP contribution < -0.4 is 5.32 Å². The smallest absolute Gasteiger partial charge is 0.227 e. The summed E-state index contributed by atoms with van der Waals surface area (Å²) in [5, 5.41) is 8.63. The van der Waals surface area contributed by atoms with E-state index in [9.17, 15) is 13.2 Å². The fraction of sp³-hybridized carbons (Fsp3) is 0.474. The van der Waals surface area contributed by atoms with Crippen molar-refractivity contribution < 1.29 is 13.2 Å². The summed E-state index contributed by atoms with van der Waals surface area (Å²) in [6.07, 6.45) is 2.19. The van der Waals surface area contributed by atoms with Gasteiger partial charge in [0, 0.05) is 34.6 Å². The Bertz CT molecular complexity index is 1010. The Balaban J connectivity index is 1.72. The minimum Gasteiger partial charge on any atom is -0.323 e. The fourth-order valence-corrected chi connectivity index (χ4v) is 4.93. The van der Waals surface area contributed by atoms with E-state index >= 15 is 0 Å². The molecule has 3 rings (SSSR count). The van der Waals surface area contributed by atoms with Gasteiger partial charge in [-0.1, -0.05) is 29.3 Å². The van der Waals surface area contributed by atoms with Crippen molar-refractivity contribution in [1.82, 2.24) is 14.1 Å². The van der Waals surface area contributed by atoms with E-state index in [1.165, 1.54) is 10.6 Å². The van der Waals surface area contributed by atoms with Gasteiger partial charge in [0.25, 0.3) is 0 Å². The van der Waals surface area contributed by atoms with Crippen molar-refractivity contribution in [2.45, 2.75) is 33.2 Å². The van der Waals surface area contributed by atoms with Gasteiger partial charge in [0.15, 0.2) is 0 Å². The van der Waals surface area contributed by atoms with E-state index in [1.54, 1.807) is 22.9 Å². The monoisotopic (exact) mass is 458 g/mol. The van der Waals surface area contributed by atoms with E-state index < -0.39 is 10.0 Å². The molecule has 2 aromatic rings. The van der Waals surface area contributed by atoms with Crippen LogP contribution in [-0.4, -0.2) is 47.8 Å². The molecule has 0 aliphatic carbocycles. The molecule has 1 fully saturated rings. The zero-order chi connectivity index (χ0) is 21.3. The largest absolute Gasteiger partial charge is 0.323 e. The van der Waals surface area contributed by atoms with Crippen LogP contribution in [0.4, 0.5) is 5.69 Å². The summed E-state index contributed by atoms with van der Waals surface area (Å²) < 4.78 is 26.5. The molecule has 1 amide bonds. The minimum absolute atomic E-state index is 0.111. The number of rotatable bonds is 5. The number of hydrogen-bond acceptors (Lipinski definition) is 4. The Morgan fingerprint density at radius 2 is 1.79 bits per heavy atom. The van der Waals surface area contributed by atoms with Crippen molar-refractivity contribution >= 4 is 44.8 Å². The first-order chi connectivity index (χ1) is 13.6. The number of carbonyl (C=O) groups is 1. The van der Waals surface area contributed by atoms with Crippen molar-refractivity contribution in [3.8, 4) is 0 Å². The first-order valence-corrected chi connectivity index (χ1v) is 11.9. The van der Waals surface area contributed by atoms with E-state index in [0.717, 1.165) is 11.3 Å². The summed E-state index contributed by atoms with van der Waals surface area (Å²) in [5.74, 6) is -0.340. The first kappa shape index (κ1) is 22.1. The molecule has 0 atom stereocenters. The number of hydrogen-bond donors (Lipinski definition) is 1. The van der Waals surface area contributed by atoms with E-state index in [2.05, 4.69) is 10.4 Å². The Kier molecular flexibility index (Phi) is 6.57. The number of sulfonamides is 1. The number of aromatic nitrogens is 2. The Labute approximate surface area is 181 Å². The number of benzene rings is 1. The number of carbonyl (C=O) groups excluding carboxylic acids is 1. The summed E-state index contributed by atoms with van der Waals surface area (Å²) in [4.78, 5) is 12.7. The lowest BCUT2D eigenvalue weighted by Gasteiger charge is -2.29. The number of nitrogens with one attached hydrogen (secondary N) is 1. The van der Waals surface area contributed by atoms with E-state index in [4.69, 9.17) is 23.2 Å². The van der Waals surface area contributed by atoms with Gasteiger partial charge in [0.05, 0.1) is 29.9 Å². The van der Waals surface area contributed by atoms with E-state index in [0.29, 0.717) is 53.9 Å². The van der Waals surface area contributed by atoms with Gasteiger partial charge in [-0.25, -0.2) is 12.7 Å². The third kappa shape index (κ3) is 4.94. The van der Waals surface area contributed by atoms with Crippen LogP contribution in [0.15, 0.2) is 18.2 Å². The highest BCUT2D eigenvalue weighted by atomic mass is 35.5. The van der Waals surface area contributed by atoms with Gasteiger partial charge in [-0.05, 0) is 38.8 Å². The number of nitrogens with zero attached hydrogens (tertiary/aromatic N) is 3. The molecule has 158 valence electrons. The van der Waals surface area contributed by atoms with Gasteiger partial charge in [0.1, 0.15) is 0 Å². The van der Waals surface area contributed by atoms with Gasteiger partial charge >= 0.3 is 0 Å². The van der Waals surface area contributed by atoms with Crippen LogP contribution in [0, 0.1) is 19.8 Å². The molecular formula is C19H24Cl2N4O3S. The first-order valence-electron chi connectivity index (χ1n) is 9.30. The summed E-state index contributed by atoms with van der Waals surface area (Å²) in [7, 11) is -3.21. The Morgan fingerprint density at radius 3 is 2.34 bits per heavy atom. The third-order valence-corrected chi connectivity index (χ3v) is 7.30. The second-order valence-electron chi connectivity index (χ2n) is 7.33. The maximum absolute atomic E-state index is 12.7. The molecule has 0 spiro atoms. The fourth-order valence-electron chi connectivity index (χ4n) is 3.54. The summed E-state index contributed by atoms with van der Waals surface area (Å²) in [6, 6.07) is 5.34. The van der Waals surface area contributed by atoms with Gasteiger partial charge < -0.3 is 5.32 Å². The van der Waals surface area contributed by atoms with Crippen LogP contribution in [0.1, 0.15) is 29.8 Å². The summed E-state index contributed by atoms with van der Waals surface area (Å²) >= 11 is 12.5.